The number of aromatic nitrogens is 2. The van der Waals surface area contributed by atoms with E-state index < -0.39 is 12.0 Å². The van der Waals surface area contributed by atoms with Crippen LogP contribution < -0.4 is 10.1 Å². The molecule has 0 saturated heterocycles. The van der Waals surface area contributed by atoms with Crippen molar-refractivity contribution in [1.82, 2.24) is 9.55 Å². The van der Waals surface area contributed by atoms with E-state index in [1.165, 1.54) is 13.2 Å². The molecule has 0 aliphatic carbocycles. The molecule has 4 aromatic rings. The number of nitrogens with one attached hydrogen (secondary N) is 1. The molecule has 8 heteroatoms. The number of rotatable bonds is 5. The third-order valence-corrected chi connectivity index (χ3v) is 5.28. The van der Waals surface area contributed by atoms with Gasteiger partial charge in [-0.15, -0.1) is 11.3 Å². The summed E-state index contributed by atoms with van der Waals surface area (Å²) >= 11 is 1.55. The van der Waals surface area contributed by atoms with Crippen molar-refractivity contribution in [3.63, 3.8) is 0 Å². The van der Waals surface area contributed by atoms with Gasteiger partial charge in [0.05, 0.1) is 18.1 Å². The molecule has 4 rings (SSSR count). The van der Waals surface area contributed by atoms with E-state index in [0.29, 0.717) is 17.0 Å². The fraction of sp³-hybridized carbons (Fsp3) is 0.0952. The molecule has 0 fully saturated rings. The number of fused-ring (bicyclic) bond motifs is 1. The number of anilines is 1. The molecule has 29 heavy (non-hydrogen) atoms. The number of methoxy groups -OCH3 is 1. The smallest absolute Gasteiger partial charge is 0.450 e. The molecular weight excluding hydrogens is 399 g/mol. The fourth-order valence-electron chi connectivity index (χ4n) is 3.02. The standard InChI is InChI=1S/C21H16F3N3OS/c1-13(19-4-3-11-29-19)25-14-5-7-15(8-6-14)27-18-10-9-16(28-2)12-17(18)26-20(27)21(22,23)24/h3-12,25H,1H2,2H3. The van der Waals surface area contributed by atoms with Gasteiger partial charge in [0.25, 0.3) is 0 Å². The molecule has 0 aliphatic heterocycles. The normalized spacial score (nSPS) is 11.6. The Morgan fingerprint density at radius 2 is 1.90 bits per heavy atom. The van der Waals surface area contributed by atoms with Crippen molar-refractivity contribution in [3.05, 3.63) is 77.3 Å². The number of hydrogen-bond donors (Lipinski definition) is 1. The van der Waals surface area contributed by atoms with Gasteiger partial charge in [-0.05, 0) is 47.8 Å². The predicted molar refractivity (Wildman–Crippen MR) is 110 cm³/mol. The van der Waals surface area contributed by atoms with Crippen molar-refractivity contribution in [3.8, 4) is 11.4 Å². The maximum Gasteiger partial charge on any atom is 0.450 e. The van der Waals surface area contributed by atoms with Crippen LogP contribution in [-0.4, -0.2) is 16.7 Å². The molecule has 4 nitrogen and oxygen atoms in total. The summed E-state index contributed by atoms with van der Waals surface area (Å²) in [7, 11) is 1.46. The quantitative estimate of drug-likeness (QED) is 0.422. The average Bonchev–Trinajstić information content (AvgIpc) is 3.36. The van der Waals surface area contributed by atoms with Crippen LogP contribution in [0.1, 0.15) is 10.7 Å². The Hall–Kier alpha value is -3.26. The van der Waals surface area contributed by atoms with Gasteiger partial charge in [0, 0.05) is 28.0 Å². The third-order valence-electron chi connectivity index (χ3n) is 4.35. The second kappa shape index (κ2) is 7.29. The molecule has 2 heterocycles. The minimum atomic E-state index is -4.60. The average molecular weight is 415 g/mol. The van der Waals surface area contributed by atoms with E-state index in [1.54, 1.807) is 47.7 Å². The highest BCUT2D eigenvalue weighted by molar-refractivity contribution is 7.11. The van der Waals surface area contributed by atoms with Crippen molar-refractivity contribution in [1.29, 1.82) is 0 Å². The Kier molecular flexibility index (Phi) is 4.79. The maximum atomic E-state index is 13.6. The first-order valence-electron chi connectivity index (χ1n) is 8.61. The summed E-state index contributed by atoms with van der Waals surface area (Å²) in [5.74, 6) is -0.535. The van der Waals surface area contributed by atoms with Crippen LogP contribution in [0.2, 0.25) is 0 Å². The van der Waals surface area contributed by atoms with E-state index >= 15 is 0 Å². The Morgan fingerprint density at radius 3 is 2.52 bits per heavy atom. The van der Waals surface area contributed by atoms with Gasteiger partial charge in [-0.25, -0.2) is 4.98 Å². The van der Waals surface area contributed by atoms with Crippen LogP contribution in [0.5, 0.6) is 5.75 Å². The van der Waals surface area contributed by atoms with Crippen LogP contribution in [0.4, 0.5) is 18.9 Å². The molecule has 0 aliphatic rings. The molecule has 1 N–H and O–H groups in total. The van der Waals surface area contributed by atoms with Gasteiger partial charge in [-0.2, -0.15) is 13.2 Å². The highest BCUT2D eigenvalue weighted by Gasteiger charge is 2.38. The SMILES string of the molecule is C=C(Nc1ccc(-n2c(C(F)(F)F)nc3cc(OC)ccc32)cc1)c1cccs1. The molecule has 0 bridgehead atoms. The first kappa shape index (κ1) is 19.1. The van der Waals surface area contributed by atoms with Crippen LogP contribution in [0, 0.1) is 0 Å². The largest absolute Gasteiger partial charge is 0.497 e. The Balaban J connectivity index is 1.73. The van der Waals surface area contributed by atoms with E-state index in [-0.39, 0.29) is 5.52 Å². The zero-order valence-corrected chi connectivity index (χ0v) is 16.1. The number of imidazole rings is 1. The minimum Gasteiger partial charge on any atom is -0.497 e. The molecule has 2 aromatic carbocycles. The molecule has 0 unspecified atom stereocenters. The lowest BCUT2D eigenvalue weighted by Gasteiger charge is -2.13. The number of alkyl halides is 3. The van der Waals surface area contributed by atoms with Gasteiger partial charge < -0.3 is 10.1 Å². The summed E-state index contributed by atoms with van der Waals surface area (Å²) in [6, 6.07) is 15.2. The number of benzene rings is 2. The monoisotopic (exact) mass is 415 g/mol. The van der Waals surface area contributed by atoms with Crippen LogP contribution >= 0.6 is 11.3 Å². The van der Waals surface area contributed by atoms with Crippen molar-refractivity contribution in [2.24, 2.45) is 0 Å². The molecule has 0 atom stereocenters. The molecular formula is C21H16F3N3OS. The number of thiophene rings is 1. The first-order valence-corrected chi connectivity index (χ1v) is 9.49. The lowest BCUT2D eigenvalue weighted by molar-refractivity contribution is -0.145. The van der Waals surface area contributed by atoms with Crippen LogP contribution in [0.25, 0.3) is 22.4 Å². The third kappa shape index (κ3) is 3.71. The van der Waals surface area contributed by atoms with Crippen LogP contribution in [0.3, 0.4) is 0 Å². The highest BCUT2D eigenvalue weighted by atomic mass is 32.1. The summed E-state index contributed by atoms with van der Waals surface area (Å²) in [4.78, 5) is 4.79. The van der Waals surface area contributed by atoms with Crippen molar-refractivity contribution in [2.45, 2.75) is 6.18 Å². The van der Waals surface area contributed by atoms with E-state index in [0.717, 1.165) is 20.8 Å². The van der Waals surface area contributed by atoms with E-state index in [2.05, 4.69) is 16.9 Å². The molecule has 0 amide bonds. The summed E-state index contributed by atoms with van der Waals surface area (Å²) in [6.45, 7) is 3.99. The summed E-state index contributed by atoms with van der Waals surface area (Å²) < 4.78 is 47.1. The maximum absolute atomic E-state index is 13.6. The topological polar surface area (TPSA) is 39.1 Å². The second-order valence-electron chi connectivity index (χ2n) is 6.25. The van der Waals surface area contributed by atoms with Gasteiger partial charge in [0.15, 0.2) is 0 Å². The first-order chi connectivity index (χ1) is 13.9. The molecule has 0 saturated carbocycles. The van der Waals surface area contributed by atoms with Crippen molar-refractivity contribution in [2.75, 3.05) is 12.4 Å². The fourth-order valence-corrected chi connectivity index (χ4v) is 3.67. The zero-order valence-electron chi connectivity index (χ0n) is 15.3. The summed E-state index contributed by atoms with van der Waals surface area (Å²) in [5.41, 5.74) is 2.37. The van der Waals surface area contributed by atoms with Crippen LogP contribution in [0.15, 0.2) is 66.6 Å². The van der Waals surface area contributed by atoms with Crippen LogP contribution in [-0.2, 0) is 6.18 Å². The Bertz CT molecular complexity index is 1160. The van der Waals surface area contributed by atoms with Gasteiger partial charge in [0.2, 0.25) is 5.82 Å². The zero-order chi connectivity index (χ0) is 20.6. The Labute approximate surface area is 168 Å². The highest BCUT2D eigenvalue weighted by Crippen LogP contribution is 2.35. The van der Waals surface area contributed by atoms with Crippen molar-refractivity contribution >= 4 is 33.8 Å². The lowest BCUT2D eigenvalue weighted by atomic mass is 10.2. The summed E-state index contributed by atoms with van der Waals surface area (Å²) in [6.07, 6.45) is -4.60. The van der Waals surface area contributed by atoms with Gasteiger partial charge in [-0.1, -0.05) is 12.6 Å². The second-order valence-corrected chi connectivity index (χ2v) is 7.20. The predicted octanol–water partition coefficient (Wildman–Crippen LogP) is 6.20. The lowest BCUT2D eigenvalue weighted by Crippen LogP contribution is -2.13. The Morgan fingerprint density at radius 1 is 1.14 bits per heavy atom. The molecule has 148 valence electrons. The molecule has 2 aromatic heterocycles. The number of ether oxygens (including phenoxy) is 1. The van der Waals surface area contributed by atoms with Gasteiger partial charge in [-0.3, -0.25) is 4.57 Å². The van der Waals surface area contributed by atoms with E-state index in [9.17, 15) is 13.2 Å². The van der Waals surface area contributed by atoms with Gasteiger partial charge in [0.1, 0.15) is 5.75 Å². The molecule has 0 spiro atoms. The summed E-state index contributed by atoms with van der Waals surface area (Å²) in [5, 5.41) is 5.11. The number of halogens is 3. The minimum absolute atomic E-state index is 0.213. The number of nitrogens with zero attached hydrogens (tertiary/aromatic N) is 2. The van der Waals surface area contributed by atoms with Crippen molar-refractivity contribution < 1.29 is 17.9 Å². The van der Waals surface area contributed by atoms with Gasteiger partial charge >= 0.3 is 6.18 Å². The molecule has 0 radical (unpaired) electrons. The number of hydrogen-bond acceptors (Lipinski definition) is 4. The van der Waals surface area contributed by atoms with E-state index in [4.69, 9.17) is 4.74 Å². The van der Waals surface area contributed by atoms with E-state index in [1.807, 2.05) is 17.5 Å².